The first-order valence-electron chi connectivity index (χ1n) is 7.79. The van der Waals surface area contributed by atoms with Crippen molar-refractivity contribution in [3.05, 3.63) is 35.4 Å². The van der Waals surface area contributed by atoms with Crippen molar-refractivity contribution in [3.63, 3.8) is 0 Å². The summed E-state index contributed by atoms with van der Waals surface area (Å²) in [4.78, 5) is 2.38. The minimum atomic E-state index is -0.259. The third-order valence-electron chi connectivity index (χ3n) is 4.98. The van der Waals surface area contributed by atoms with Crippen LogP contribution in [0.4, 0.5) is 0 Å². The van der Waals surface area contributed by atoms with Gasteiger partial charge in [0.05, 0.1) is 16.7 Å². The molecular weight excluding hydrogens is 260 g/mol. The van der Waals surface area contributed by atoms with E-state index in [0.29, 0.717) is 6.54 Å². The maximum atomic E-state index is 6.30. The third-order valence-corrected chi connectivity index (χ3v) is 4.98. The highest BCUT2D eigenvalue weighted by atomic mass is 16.5. The average Bonchev–Trinajstić information content (AvgIpc) is 2.57. The van der Waals surface area contributed by atoms with Gasteiger partial charge in [-0.15, -0.1) is 0 Å². The number of ether oxygens (including phenoxy) is 1. The maximum Gasteiger partial charge on any atom is 0.0830 e. The van der Waals surface area contributed by atoms with Crippen LogP contribution in [0.15, 0.2) is 24.3 Å². The van der Waals surface area contributed by atoms with Gasteiger partial charge in [0.1, 0.15) is 0 Å². The lowest BCUT2D eigenvalue weighted by Crippen LogP contribution is -2.61. The number of nitrogens with zero attached hydrogens (tertiary/aromatic N) is 1. The van der Waals surface area contributed by atoms with Gasteiger partial charge in [-0.05, 0) is 53.7 Å². The van der Waals surface area contributed by atoms with Crippen molar-refractivity contribution < 1.29 is 4.74 Å². The zero-order valence-corrected chi connectivity index (χ0v) is 14.4. The molecule has 0 radical (unpaired) electrons. The Kier molecular flexibility index (Phi) is 4.22. The summed E-state index contributed by atoms with van der Waals surface area (Å²) in [5, 5.41) is 0. The molecular formula is C18H30N2O. The SMILES string of the molecule is Cc1ccc(CN(C)C2(CN)CC(C)(C)OC2(C)C)cc1. The molecule has 0 bridgehead atoms. The fourth-order valence-electron chi connectivity index (χ4n) is 3.93. The lowest BCUT2D eigenvalue weighted by Gasteiger charge is -2.46. The summed E-state index contributed by atoms with van der Waals surface area (Å²) in [6.45, 7) is 12.3. The van der Waals surface area contributed by atoms with Crippen LogP contribution in [-0.2, 0) is 11.3 Å². The second-order valence-electron chi connectivity index (χ2n) is 7.63. The molecule has 2 rings (SSSR count). The molecule has 0 saturated carbocycles. The molecule has 118 valence electrons. The normalized spacial score (nSPS) is 27.2. The van der Waals surface area contributed by atoms with Crippen LogP contribution in [-0.4, -0.2) is 35.2 Å². The smallest absolute Gasteiger partial charge is 0.0830 e. The molecule has 0 spiro atoms. The highest BCUT2D eigenvalue weighted by Crippen LogP contribution is 2.47. The molecule has 3 nitrogen and oxygen atoms in total. The standard InChI is InChI=1S/C18H30N2O/c1-14-7-9-15(10-8-14)11-20(6)18(13-19)12-16(2,3)21-17(18,4)5/h7-10H,11-13,19H2,1-6H3. The van der Waals surface area contributed by atoms with E-state index in [0.717, 1.165) is 13.0 Å². The van der Waals surface area contributed by atoms with Crippen LogP contribution in [0.3, 0.4) is 0 Å². The molecule has 2 N–H and O–H groups in total. The summed E-state index contributed by atoms with van der Waals surface area (Å²) in [5.74, 6) is 0. The predicted octanol–water partition coefficient (Wildman–Crippen LogP) is 3.10. The van der Waals surface area contributed by atoms with Crippen LogP contribution in [0.1, 0.15) is 45.2 Å². The Bertz CT molecular complexity index is 492. The van der Waals surface area contributed by atoms with E-state index in [1.54, 1.807) is 0 Å². The van der Waals surface area contributed by atoms with Crippen molar-refractivity contribution in [2.75, 3.05) is 13.6 Å². The first-order chi connectivity index (χ1) is 9.62. The van der Waals surface area contributed by atoms with Gasteiger partial charge in [0, 0.05) is 13.1 Å². The van der Waals surface area contributed by atoms with Crippen molar-refractivity contribution in [1.29, 1.82) is 0 Å². The van der Waals surface area contributed by atoms with E-state index >= 15 is 0 Å². The number of nitrogens with two attached hydrogens (primary N) is 1. The van der Waals surface area contributed by atoms with E-state index in [4.69, 9.17) is 10.5 Å². The Balaban J connectivity index is 2.26. The molecule has 1 unspecified atom stereocenters. The number of likely N-dealkylation sites (N-methyl/N-ethyl adjacent to an activating group) is 1. The van der Waals surface area contributed by atoms with Crippen molar-refractivity contribution in [1.82, 2.24) is 4.90 Å². The monoisotopic (exact) mass is 290 g/mol. The molecule has 21 heavy (non-hydrogen) atoms. The number of aryl methyl sites for hydroxylation is 1. The van der Waals surface area contributed by atoms with E-state index in [9.17, 15) is 0 Å². The van der Waals surface area contributed by atoms with Gasteiger partial charge in [0.2, 0.25) is 0 Å². The molecule has 1 atom stereocenters. The van der Waals surface area contributed by atoms with Crippen molar-refractivity contribution >= 4 is 0 Å². The molecule has 1 heterocycles. The minimum Gasteiger partial charge on any atom is -0.368 e. The van der Waals surface area contributed by atoms with Gasteiger partial charge in [0.25, 0.3) is 0 Å². The minimum absolute atomic E-state index is 0.135. The summed E-state index contributed by atoms with van der Waals surface area (Å²) < 4.78 is 6.30. The molecule has 0 amide bonds. The van der Waals surface area contributed by atoms with Crippen molar-refractivity contribution in [2.45, 2.75) is 64.3 Å². The highest BCUT2D eigenvalue weighted by Gasteiger charge is 2.58. The van der Waals surface area contributed by atoms with Gasteiger partial charge < -0.3 is 10.5 Å². The van der Waals surface area contributed by atoms with Crippen molar-refractivity contribution in [3.8, 4) is 0 Å². The second kappa shape index (κ2) is 5.38. The predicted molar refractivity (Wildman–Crippen MR) is 88.3 cm³/mol. The molecule has 0 aromatic heterocycles. The summed E-state index contributed by atoms with van der Waals surface area (Å²) in [6.07, 6.45) is 0.950. The van der Waals surface area contributed by atoms with Gasteiger partial charge in [-0.1, -0.05) is 29.8 Å². The molecule has 1 fully saturated rings. The molecule has 0 aliphatic carbocycles. The zero-order chi connectivity index (χ0) is 15.9. The summed E-state index contributed by atoms with van der Waals surface area (Å²) in [6, 6.07) is 8.73. The van der Waals surface area contributed by atoms with Crippen LogP contribution in [0.2, 0.25) is 0 Å². The fourth-order valence-corrected chi connectivity index (χ4v) is 3.93. The van der Waals surface area contributed by atoms with Gasteiger partial charge in [-0.3, -0.25) is 4.90 Å². The first kappa shape index (κ1) is 16.5. The zero-order valence-electron chi connectivity index (χ0n) is 14.4. The van der Waals surface area contributed by atoms with E-state index < -0.39 is 0 Å². The molecule has 1 aliphatic heterocycles. The van der Waals surface area contributed by atoms with E-state index in [2.05, 4.69) is 70.8 Å². The van der Waals surface area contributed by atoms with Crippen LogP contribution in [0.25, 0.3) is 0 Å². The van der Waals surface area contributed by atoms with Gasteiger partial charge in [0.15, 0.2) is 0 Å². The van der Waals surface area contributed by atoms with E-state index in [1.807, 2.05) is 0 Å². The Morgan fingerprint density at radius 3 is 2.14 bits per heavy atom. The molecule has 1 aromatic carbocycles. The van der Waals surface area contributed by atoms with Gasteiger partial charge >= 0.3 is 0 Å². The third kappa shape index (κ3) is 3.01. The number of hydrogen-bond donors (Lipinski definition) is 1. The number of benzene rings is 1. The van der Waals surface area contributed by atoms with Crippen LogP contribution in [0, 0.1) is 6.92 Å². The number of hydrogen-bond acceptors (Lipinski definition) is 3. The lowest BCUT2D eigenvalue weighted by molar-refractivity contribution is -0.101. The number of rotatable bonds is 4. The summed E-state index contributed by atoms with van der Waals surface area (Å²) in [7, 11) is 2.17. The lowest BCUT2D eigenvalue weighted by atomic mass is 9.77. The van der Waals surface area contributed by atoms with Crippen LogP contribution in [0.5, 0.6) is 0 Å². The Labute approximate surface area is 129 Å². The topological polar surface area (TPSA) is 38.5 Å². The Morgan fingerprint density at radius 2 is 1.71 bits per heavy atom. The van der Waals surface area contributed by atoms with E-state index in [1.165, 1.54) is 11.1 Å². The molecule has 1 aromatic rings. The van der Waals surface area contributed by atoms with Crippen molar-refractivity contribution in [2.24, 2.45) is 5.73 Å². The van der Waals surface area contributed by atoms with Gasteiger partial charge in [-0.2, -0.15) is 0 Å². The maximum absolute atomic E-state index is 6.30. The fraction of sp³-hybridized carbons (Fsp3) is 0.667. The Morgan fingerprint density at radius 1 is 1.14 bits per heavy atom. The largest absolute Gasteiger partial charge is 0.368 e. The molecule has 3 heteroatoms. The molecule has 1 saturated heterocycles. The van der Waals surface area contributed by atoms with Gasteiger partial charge in [-0.25, -0.2) is 0 Å². The van der Waals surface area contributed by atoms with E-state index in [-0.39, 0.29) is 16.7 Å². The quantitative estimate of drug-likeness (QED) is 0.926. The highest BCUT2D eigenvalue weighted by molar-refractivity contribution is 5.22. The second-order valence-corrected chi connectivity index (χ2v) is 7.63. The summed E-state index contributed by atoms with van der Waals surface area (Å²) in [5.41, 5.74) is 8.30. The van der Waals surface area contributed by atoms with Crippen LogP contribution < -0.4 is 5.73 Å². The Hall–Kier alpha value is -0.900. The average molecular weight is 290 g/mol. The summed E-state index contributed by atoms with van der Waals surface area (Å²) >= 11 is 0. The van der Waals surface area contributed by atoms with Crippen LogP contribution >= 0.6 is 0 Å². The molecule has 1 aliphatic rings. The first-order valence-corrected chi connectivity index (χ1v) is 7.79.